The van der Waals surface area contributed by atoms with Gasteiger partial charge in [0.1, 0.15) is 17.1 Å². The highest BCUT2D eigenvalue weighted by Gasteiger charge is 2.15. The summed E-state index contributed by atoms with van der Waals surface area (Å²) in [5, 5.41) is 18.5. The molecular formula is C59H76O7. The number of unbranched alkanes of at least 4 members (excludes halogenated alkanes) is 1. The number of ketones is 1. The van der Waals surface area contributed by atoms with Gasteiger partial charge in [-0.3, -0.25) is 9.59 Å². The number of esters is 1. The molecule has 2 rings (SSSR count). The number of allylic oxidation sites excluding steroid dienone is 22. The predicted molar refractivity (Wildman–Crippen MR) is 276 cm³/mol. The van der Waals surface area contributed by atoms with Gasteiger partial charge in [-0.1, -0.05) is 171 Å². The van der Waals surface area contributed by atoms with Crippen LogP contribution in [0.4, 0.5) is 0 Å². The second kappa shape index (κ2) is 40.2. The van der Waals surface area contributed by atoms with Gasteiger partial charge < -0.3 is 14.9 Å². The number of aromatic carboxylic acids is 2. The zero-order chi connectivity index (χ0) is 48.3. The minimum absolute atomic E-state index is 0.00165. The van der Waals surface area contributed by atoms with Crippen molar-refractivity contribution in [1.82, 2.24) is 0 Å². The highest BCUT2D eigenvalue weighted by molar-refractivity contribution is 5.93. The monoisotopic (exact) mass is 897 g/mol. The summed E-state index contributed by atoms with van der Waals surface area (Å²) in [6.45, 7) is 8.01. The Balaban J connectivity index is 0.000000661. The molecule has 0 aliphatic rings. The van der Waals surface area contributed by atoms with E-state index >= 15 is 0 Å². The van der Waals surface area contributed by atoms with Crippen molar-refractivity contribution in [3.8, 4) is 5.75 Å². The highest BCUT2D eigenvalue weighted by atomic mass is 16.5. The van der Waals surface area contributed by atoms with Crippen LogP contribution in [0.3, 0.4) is 0 Å². The maximum Gasteiger partial charge on any atom is 0.339 e. The molecule has 0 amide bonds. The number of aryl methyl sites for hydroxylation is 2. The topological polar surface area (TPSA) is 118 Å². The van der Waals surface area contributed by atoms with Gasteiger partial charge in [-0.15, -0.1) is 0 Å². The molecule has 0 radical (unpaired) electrons. The van der Waals surface area contributed by atoms with Crippen LogP contribution in [-0.4, -0.2) is 33.9 Å². The average Bonchev–Trinajstić information content (AvgIpc) is 3.28. The molecule has 0 atom stereocenters. The van der Waals surface area contributed by atoms with Crippen molar-refractivity contribution in [3.63, 3.8) is 0 Å². The maximum absolute atomic E-state index is 12.2. The van der Waals surface area contributed by atoms with E-state index in [1.165, 1.54) is 6.07 Å². The van der Waals surface area contributed by atoms with E-state index in [4.69, 9.17) is 4.74 Å². The zero-order valence-electron chi connectivity index (χ0n) is 40.1. The van der Waals surface area contributed by atoms with Gasteiger partial charge in [0, 0.05) is 19.3 Å². The van der Waals surface area contributed by atoms with E-state index in [1.807, 2.05) is 19.9 Å². The number of ether oxygens (including phenoxy) is 1. The molecule has 0 aliphatic heterocycles. The first-order valence-electron chi connectivity index (χ1n) is 23.6. The summed E-state index contributed by atoms with van der Waals surface area (Å²) in [4.78, 5) is 46.8. The standard InChI is InChI=1S/C31H40O3.C28H36O4/c1-3-4-5-6-7-8-9-10-11-12-13-14-15-16-17-18-19-20-21-22-29(32)26-28-25-27(2)23-24-30(28)31(33)34;1-3-4-5-6-7-8-9-10-11-12-13-14-15-16-17-18-19-20-27(29)32-26-23-24(2)21-22-25(26)28(30)31/h4-5,7-8,10-11,13-14,16-17,19-20,23-25H,3,6,9,12,15,18,21-22,26H2,1-2H3,(H,33,34);4-5,7-8,10-11,13-14,16-17,21-23H,3,6,9,12,15,18-20H2,1-2H3,(H,30,31)/b5-4-,8-7-,11-10-,14-13-,17-16-,20-19-;5-4-,8-7-,11-10-,14-13-,17-16-. The van der Waals surface area contributed by atoms with Crippen molar-refractivity contribution >= 4 is 23.7 Å². The van der Waals surface area contributed by atoms with Crippen LogP contribution < -0.4 is 4.74 Å². The summed E-state index contributed by atoms with van der Waals surface area (Å²) in [5.74, 6) is -2.33. The van der Waals surface area contributed by atoms with E-state index in [2.05, 4.69) is 141 Å². The average molecular weight is 897 g/mol. The molecule has 0 aliphatic carbocycles. The third-order valence-electron chi connectivity index (χ3n) is 9.57. The fourth-order valence-electron chi connectivity index (χ4n) is 6.06. The first-order valence-corrected chi connectivity index (χ1v) is 23.6. The van der Waals surface area contributed by atoms with E-state index in [9.17, 15) is 29.4 Å². The molecule has 0 spiro atoms. The highest BCUT2D eigenvalue weighted by Crippen LogP contribution is 2.21. The number of hydrogen-bond acceptors (Lipinski definition) is 5. The lowest BCUT2D eigenvalue weighted by Crippen LogP contribution is -2.11. The summed E-state index contributed by atoms with van der Waals surface area (Å²) in [6, 6.07) is 9.84. The van der Waals surface area contributed by atoms with Gasteiger partial charge in [0.05, 0.1) is 5.56 Å². The van der Waals surface area contributed by atoms with Crippen molar-refractivity contribution < 1.29 is 34.1 Å². The number of carboxylic acid groups (broad SMARTS) is 2. The van der Waals surface area contributed by atoms with Crippen LogP contribution >= 0.6 is 0 Å². The lowest BCUT2D eigenvalue weighted by atomic mass is 9.98. The number of carbonyl (C=O) groups is 4. The van der Waals surface area contributed by atoms with Gasteiger partial charge in [0.25, 0.3) is 0 Å². The Morgan fingerprint density at radius 1 is 0.455 bits per heavy atom. The number of carboxylic acids is 2. The summed E-state index contributed by atoms with van der Waals surface area (Å²) in [5.41, 5.74) is 2.62. The van der Waals surface area contributed by atoms with Gasteiger partial charge >= 0.3 is 17.9 Å². The Morgan fingerprint density at radius 3 is 1.23 bits per heavy atom. The third-order valence-corrected chi connectivity index (χ3v) is 9.57. The lowest BCUT2D eigenvalue weighted by molar-refractivity contribution is -0.134. The second-order valence-corrected chi connectivity index (χ2v) is 15.5. The van der Waals surface area contributed by atoms with Gasteiger partial charge in [-0.05, 0) is 133 Å². The predicted octanol–water partition coefficient (Wildman–Crippen LogP) is 15.8. The molecule has 354 valence electrons. The van der Waals surface area contributed by atoms with E-state index in [0.717, 1.165) is 88.2 Å². The van der Waals surface area contributed by atoms with Gasteiger partial charge in [0.15, 0.2) is 0 Å². The Hall–Kier alpha value is -6.34. The molecule has 0 unspecified atom stereocenters. The Morgan fingerprint density at radius 2 is 0.818 bits per heavy atom. The molecule has 7 nitrogen and oxygen atoms in total. The lowest BCUT2D eigenvalue weighted by Gasteiger charge is -2.08. The maximum atomic E-state index is 12.2. The first kappa shape index (κ1) is 57.7. The molecule has 0 saturated carbocycles. The summed E-state index contributed by atoms with van der Waals surface area (Å²) < 4.78 is 5.25. The third kappa shape index (κ3) is 32.3. The van der Waals surface area contributed by atoms with Crippen LogP contribution in [0.5, 0.6) is 5.75 Å². The van der Waals surface area contributed by atoms with Gasteiger partial charge in [-0.2, -0.15) is 0 Å². The fraction of sp³-hybridized carbons (Fsp3) is 0.356. The molecule has 7 heteroatoms. The van der Waals surface area contributed by atoms with E-state index in [-0.39, 0.29) is 35.5 Å². The summed E-state index contributed by atoms with van der Waals surface area (Å²) >= 11 is 0. The smallest absolute Gasteiger partial charge is 0.339 e. The van der Waals surface area contributed by atoms with E-state index < -0.39 is 17.9 Å². The fourth-order valence-corrected chi connectivity index (χ4v) is 6.06. The Labute approximate surface area is 396 Å². The summed E-state index contributed by atoms with van der Waals surface area (Å²) in [7, 11) is 0. The van der Waals surface area contributed by atoms with Crippen molar-refractivity contribution in [3.05, 3.63) is 198 Å². The number of benzene rings is 2. The Bertz CT molecular complexity index is 2040. The Kier molecular flexibility index (Phi) is 35.1. The first-order chi connectivity index (χ1) is 32.1. The second-order valence-electron chi connectivity index (χ2n) is 15.5. The quantitative estimate of drug-likeness (QED) is 0.0325. The van der Waals surface area contributed by atoms with E-state index in [1.54, 1.807) is 30.3 Å². The molecule has 0 bridgehead atoms. The van der Waals surface area contributed by atoms with Crippen molar-refractivity contribution in [1.29, 1.82) is 0 Å². The molecule has 0 saturated heterocycles. The van der Waals surface area contributed by atoms with Crippen LogP contribution in [-0.2, 0) is 16.0 Å². The van der Waals surface area contributed by atoms with Crippen molar-refractivity contribution in [2.45, 2.75) is 137 Å². The SMILES string of the molecule is CC/C=C\C/C=C\C/C=C\C/C=C\C/C=C\C/C=C\CCC(=O)Cc1cc(C)ccc1C(=O)O.CC/C=C\C/C=C\C/C=C\C/C=C\C/C=C\CCCC(=O)Oc1cc(C)ccc1C(=O)O. The minimum Gasteiger partial charge on any atom is -0.478 e. The van der Waals surface area contributed by atoms with Crippen LogP contribution in [0.1, 0.15) is 154 Å². The van der Waals surface area contributed by atoms with Crippen LogP contribution in [0.15, 0.2) is 170 Å². The van der Waals surface area contributed by atoms with Gasteiger partial charge in [-0.25, -0.2) is 9.59 Å². The van der Waals surface area contributed by atoms with Crippen LogP contribution in [0.2, 0.25) is 0 Å². The minimum atomic E-state index is -1.11. The molecule has 0 aromatic heterocycles. The van der Waals surface area contributed by atoms with E-state index in [0.29, 0.717) is 24.8 Å². The number of carbonyl (C=O) groups excluding carboxylic acids is 2. The van der Waals surface area contributed by atoms with Crippen molar-refractivity contribution in [2.75, 3.05) is 0 Å². The molecular weight excluding hydrogens is 821 g/mol. The van der Waals surface area contributed by atoms with Crippen LogP contribution in [0, 0.1) is 13.8 Å². The molecule has 0 heterocycles. The molecule has 2 aromatic carbocycles. The number of rotatable bonds is 32. The zero-order valence-corrected chi connectivity index (χ0v) is 40.1. The molecule has 0 fully saturated rings. The van der Waals surface area contributed by atoms with Crippen LogP contribution in [0.25, 0.3) is 0 Å². The molecule has 66 heavy (non-hydrogen) atoms. The number of Topliss-reactive ketones (excluding diaryl/α,β-unsaturated/α-hetero) is 1. The summed E-state index contributed by atoms with van der Waals surface area (Å²) in [6.07, 6.45) is 61.1. The normalized spacial score (nSPS) is 12.4. The molecule has 2 aromatic rings. The van der Waals surface area contributed by atoms with Crippen molar-refractivity contribution in [2.24, 2.45) is 0 Å². The molecule has 2 N–H and O–H groups in total. The largest absolute Gasteiger partial charge is 0.478 e. The van der Waals surface area contributed by atoms with Gasteiger partial charge in [0.2, 0.25) is 0 Å². The number of hydrogen-bond donors (Lipinski definition) is 2.